The fraction of sp³-hybridized carbons (Fsp3) is 0.118. The van der Waals surface area contributed by atoms with Crippen LogP contribution in [0.2, 0.25) is 0 Å². The molecule has 1 heterocycles. The van der Waals surface area contributed by atoms with Gasteiger partial charge in [0.15, 0.2) is 0 Å². The Kier molecular flexibility index (Phi) is 4.25. The smallest absolute Gasteiger partial charge is 0.141 e. The van der Waals surface area contributed by atoms with Crippen LogP contribution in [-0.2, 0) is 0 Å². The average Bonchev–Trinajstić information content (AvgIpc) is 3.08. The van der Waals surface area contributed by atoms with Gasteiger partial charge in [-0.1, -0.05) is 30.3 Å². The van der Waals surface area contributed by atoms with Gasteiger partial charge >= 0.3 is 0 Å². The molecule has 0 aliphatic rings. The lowest BCUT2D eigenvalue weighted by Gasteiger charge is -2.15. The topological polar surface area (TPSA) is 52.3 Å². The van der Waals surface area contributed by atoms with Gasteiger partial charge in [0.05, 0.1) is 6.21 Å². The Morgan fingerprint density at radius 3 is 2.36 bits per heavy atom. The summed E-state index contributed by atoms with van der Waals surface area (Å²) in [6.45, 7) is 2.04. The molecule has 5 heteroatoms. The van der Waals surface area contributed by atoms with Crippen molar-refractivity contribution >= 4 is 6.21 Å². The number of hydrogen-bond donors (Lipinski definition) is 0. The van der Waals surface area contributed by atoms with Crippen LogP contribution in [0.25, 0.3) is 0 Å². The second-order valence-corrected chi connectivity index (χ2v) is 4.83. The van der Waals surface area contributed by atoms with E-state index in [9.17, 15) is 0 Å². The molecule has 0 saturated carbocycles. The first-order chi connectivity index (χ1) is 10.8. The number of aromatic nitrogens is 3. The van der Waals surface area contributed by atoms with Gasteiger partial charge < -0.3 is 4.74 Å². The lowest BCUT2D eigenvalue weighted by atomic mass is 10.1. The zero-order valence-corrected chi connectivity index (χ0v) is 12.2. The number of hydrogen-bond acceptors (Lipinski definition) is 4. The van der Waals surface area contributed by atoms with Crippen LogP contribution in [0, 0.1) is 0 Å². The van der Waals surface area contributed by atoms with Crippen LogP contribution < -0.4 is 4.74 Å². The predicted molar refractivity (Wildman–Crippen MR) is 84.9 cm³/mol. The van der Waals surface area contributed by atoms with Gasteiger partial charge in [0.1, 0.15) is 24.5 Å². The Morgan fingerprint density at radius 2 is 1.68 bits per heavy atom. The molecule has 0 aliphatic heterocycles. The quantitative estimate of drug-likeness (QED) is 0.678. The van der Waals surface area contributed by atoms with Crippen molar-refractivity contribution in [3.63, 3.8) is 0 Å². The summed E-state index contributed by atoms with van der Waals surface area (Å²) in [5.41, 5.74) is 2.13. The summed E-state index contributed by atoms with van der Waals surface area (Å²) in [4.78, 5) is 0. The monoisotopic (exact) mass is 292 g/mol. The van der Waals surface area contributed by atoms with Gasteiger partial charge in [-0.3, -0.25) is 0 Å². The molecule has 110 valence electrons. The number of nitrogens with zero attached hydrogens (tertiary/aromatic N) is 4. The maximum Gasteiger partial charge on any atom is 0.141 e. The van der Waals surface area contributed by atoms with Crippen molar-refractivity contribution in [2.45, 2.75) is 13.0 Å². The minimum Gasteiger partial charge on any atom is -0.486 e. The summed E-state index contributed by atoms with van der Waals surface area (Å²) in [6.07, 6.45) is 4.83. The van der Waals surface area contributed by atoms with E-state index < -0.39 is 0 Å². The molecule has 3 aromatic rings. The van der Waals surface area contributed by atoms with E-state index in [1.165, 1.54) is 12.7 Å². The van der Waals surface area contributed by atoms with E-state index in [0.717, 1.165) is 16.9 Å². The molecule has 0 bridgehead atoms. The highest BCUT2D eigenvalue weighted by Gasteiger charge is 2.06. The molecule has 22 heavy (non-hydrogen) atoms. The van der Waals surface area contributed by atoms with E-state index in [-0.39, 0.29) is 6.10 Å². The summed E-state index contributed by atoms with van der Waals surface area (Å²) in [5.74, 6) is 0.831. The fourth-order valence-electron chi connectivity index (χ4n) is 2.02. The van der Waals surface area contributed by atoms with E-state index in [0.29, 0.717) is 0 Å². The third kappa shape index (κ3) is 3.58. The first kappa shape index (κ1) is 14.0. The minimum atomic E-state index is 0.0118. The molecule has 0 fully saturated rings. The summed E-state index contributed by atoms with van der Waals surface area (Å²) >= 11 is 0. The molecule has 1 unspecified atom stereocenters. The van der Waals surface area contributed by atoms with Crippen molar-refractivity contribution in [1.29, 1.82) is 0 Å². The van der Waals surface area contributed by atoms with Crippen molar-refractivity contribution in [2.75, 3.05) is 0 Å². The highest BCUT2D eigenvalue weighted by atomic mass is 16.5. The van der Waals surface area contributed by atoms with E-state index in [1.54, 1.807) is 10.9 Å². The molecular weight excluding hydrogens is 276 g/mol. The Hall–Kier alpha value is -2.95. The number of benzene rings is 2. The molecule has 0 N–H and O–H groups in total. The zero-order valence-electron chi connectivity index (χ0n) is 12.2. The van der Waals surface area contributed by atoms with Crippen LogP contribution in [0.1, 0.15) is 24.2 Å². The molecule has 1 aromatic heterocycles. The standard InChI is InChI=1S/C17H16N4O/c1-14(16-5-3-2-4-6-16)22-17-9-7-15(8-10-17)11-20-21-12-18-19-13-21/h2-14H,1H3/b20-11+. The normalized spacial score (nSPS) is 12.4. The fourth-order valence-corrected chi connectivity index (χ4v) is 2.02. The summed E-state index contributed by atoms with van der Waals surface area (Å²) in [5, 5.41) is 11.6. The third-order valence-electron chi connectivity index (χ3n) is 3.21. The van der Waals surface area contributed by atoms with Crippen LogP contribution in [0.3, 0.4) is 0 Å². The van der Waals surface area contributed by atoms with Crippen molar-refractivity contribution in [3.05, 3.63) is 78.4 Å². The molecule has 5 nitrogen and oxygen atoms in total. The highest BCUT2D eigenvalue weighted by molar-refractivity contribution is 5.79. The number of rotatable bonds is 5. The second kappa shape index (κ2) is 6.67. The molecular formula is C17H16N4O. The van der Waals surface area contributed by atoms with Gasteiger partial charge in [-0.05, 0) is 42.3 Å². The van der Waals surface area contributed by atoms with Crippen molar-refractivity contribution in [1.82, 2.24) is 14.9 Å². The molecule has 3 rings (SSSR count). The van der Waals surface area contributed by atoms with E-state index in [1.807, 2.05) is 49.4 Å². The summed E-state index contributed by atoms with van der Waals surface area (Å²) in [7, 11) is 0. The van der Waals surface area contributed by atoms with Crippen LogP contribution >= 0.6 is 0 Å². The second-order valence-electron chi connectivity index (χ2n) is 4.83. The molecule has 2 aromatic carbocycles. The van der Waals surface area contributed by atoms with Crippen molar-refractivity contribution < 1.29 is 4.74 Å². The van der Waals surface area contributed by atoms with Crippen LogP contribution in [0.4, 0.5) is 0 Å². The van der Waals surface area contributed by atoms with Gasteiger partial charge in [-0.25, -0.2) is 4.68 Å². The highest BCUT2D eigenvalue weighted by Crippen LogP contribution is 2.21. The minimum absolute atomic E-state index is 0.0118. The Labute approximate surface area is 128 Å². The SMILES string of the molecule is CC(Oc1ccc(/C=N/n2cnnc2)cc1)c1ccccc1. The van der Waals surface area contributed by atoms with E-state index in [2.05, 4.69) is 27.4 Å². The van der Waals surface area contributed by atoms with Gasteiger partial charge in [0, 0.05) is 0 Å². The van der Waals surface area contributed by atoms with Gasteiger partial charge in [-0.15, -0.1) is 10.2 Å². The molecule has 0 radical (unpaired) electrons. The van der Waals surface area contributed by atoms with Crippen LogP contribution in [0.15, 0.2) is 72.4 Å². The number of ether oxygens (including phenoxy) is 1. The van der Waals surface area contributed by atoms with Crippen LogP contribution in [0.5, 0.6) is 5.75 Å². The summed E-state index contributed by atoms with van der Waals surface area (Å²) < 4.78 is 7.48. The maximum absolute atomic E-state index is 5.94. The maximum atomic E-state index is 5.94. The van der Waals surface area contributed by atoms with Gasteiger partial charge in [0.2, 0.25) is 0 Å². The Bertz CT molecular complexity index is 721. The third-order valence-corrected chi connectivity index (χ3v) is 3.21. The first-order valence-corrected chi connectivity index (χ1v) is 7.02. The predicted octanol–water partition coefficient (Wildman–Crippen LogP) is 3.30. The molecule has 0 amide bonds. The van der Waals surface area contributed by atoms with Crippen molar-refractivity contribution in [3.8, 4) is 5.75 Å². The lowest BCUT2D eigenvalue weighted by Crippen LogP contribution is -2.02. The zero-order chi connectivity index (χ0) is 15.2. The van der Waals surface area contributed by atoms with Crippen LogP contribution in [-0.4, -0.2) is 21.1 Å². The van der Waals surface area contributed by atoms with Gasteiger partial charge in [-0.2, -0.15) is 5.10 Å². The summed E-state index contributed by atoms with van der Waals surface area (Å²) in [6, 6.07) is 17.9. The first-order valence-electron chi connectivity index (χ1n) is 7.02. The molecule has 1 atom stereocenters. The molecule has 0 aliphatic carbocycles. The molecule has 0 spiro atoms. The molecule has 0 saturated heterocycles. The van der Waals surface area contributed by atoms with E-state index in [4.69, 9.17) is 4.74 Å². The largest absolute Gasteiger partial charge is 0.486 e. The van der Waals surface area contributed by atoms with E-state index >= 15 is 0 Å². The van der Waals surface area contributed by atoms with Gasteiger partial charge in [0.25, 0.3) is 0 Å². The lowest BCUT2D eigenvalue weighted by molar-refractivity contribution is 0.227. The van der Waals surface area contributed by atoms with Crippen molar-refractivity contribution in [2.24, 2.45) is 5.10 Å². The Morgan fingerprint density at radius 1 is 1.00 bits per heavy atom. The Balaban J connectivity index is 1.64. The average molecular weight is 292 g/mol.